The second-order valence-corrected chi connectivity index (χ2v) is 4.66. The van der Waals surface area contributed by atoms with Crippen LogP contribution in [0, 0.1) is 11.8 Å². The van der Waals surface area contributed by atoms with Crippen LogP contribution in [0.15, 0.2) is 42.0 Å². The lowest BCUT2D eigenvalue weighted by atomic mass is 9.94. The van der Waals surface area contributed by atoms with Gasteiger partial charge in [0.05, 0.1) is 13.2 Å². The van der Waals surface area contributed by atoms with Gasteiger partial charge in [0.2, 0.25) is 0 Å². The third kappa shape index (κ3) is 2.48. The lowest BCUT2D eigenvalue weighted by Crippen LogP contribution is -2.31. The van der Waals surface area contributed by atoms with E-state index in [1.165, 1.54) is 5.57 Å². The van der Waals surface area contributed by atoms with Crippen molar-refractivity contribution in [1.29, 1.82) is 0 Å². The van der Waals surface area contributed by atoms with Crippen LogP contribution in [-0.4, -0.2) is 19.0 Å². The Balaban J connectivity index is 1.69. The highest BCUT2D eigenvalue weighted by Gasteiger charge is 2.37. The highest BCUT2D eigenvalue weighted by molar-refractivity contribution is 5.41. The zero-order valence-electron chi connectivity index (χ0n) is 10.3. The van der Waals surface area contributed by atoms with Gasteiger partial charge in [0.15, 0.2) is 5.79 Å². The molecule has 0 radical (unpaired) electrons. The van der Waals surface area contributed by atoms with Gasteiger partial charge in [0, 0.05) is 18.4 Å². The molecule has 1 aromatic rings. The maximum absolute atomic E-state index is 5.68. The van der Waals surface area contributed by atoms with E-state index in [1.807, 2.05) is 30.3 Å². The second kappa shape index (κ2) is 4.97. The van der Waals surface area contributed by atoms with Crippen molar-refractivity contribution in [2.75, 3.05) is 13.2 Å². The lowest BCUT2D eigenvalue weighted by Gasteiger charge is -2.29. The van der Waals surface area contributed by atoms with Gasteiger partial charge in [-0.3, -0.25) is 0 Å². The first-order chi connectivity index (χ1) is 8.86. The quantitative estimate of drug-likeness (QED) is 0.649. The molecule has 3 rings (SSSR count). The molecule has 1 aromatic carbocycles. The van der Waals surface area contributed by atoms with Crippen LogP contribution in [0.3, 0.4) is 0 Å². The van der Waals surface area contributed by atoms with Crippen LogP contribution in [-0.2, 0) is 9.47 Å². The molecule has 0 saturated carbocycles. The highest BCUT2D eigenvalue weighted by atomic mass is 16.7. The third-order valence-corrected chi connectivity index (χ3v) is 3.39. The van der Waals surface area contributed by atoms with Crippen LogP contribution >= 0.6 is 0 Å². The van der Waals surface area contributed by atoms with Crippen molar-refractivity contribution < 1.29 is 9.47 Å². The maximum atomic E-state index is 5.68. The highest BCUT2D eigenvalue weighted by Crippen LogP contribution is 2.34. The summed E-state index contributed by atoms with van der Waals surface area (Å²) >= 11 is 0. The summed E-state index contributed by atoms with van der Waals surface area (Å²) in [5, 5.41) is 0. The Labute approximate surface area is 108 Å². The molecule has 0 amide bonds. The van der Waals surface area contributed by atoms with Gasteiger partial charge in [0.25, 0.3) is 0 Å². The molecule has 0 bridgehead atoms. The fraction of sp³-hybridized carbons (Fsp3) is 0.375. The number of benzene rings is 1. The molecule has 92 valence electrons. The molecule has 0 N–H and O–H groups in total. The van der Waals surface area contributed by atoms with Gasteiger partial charge in [-0.05, 0) is 24.1 Å². The monoisotopic (exact) mass is 240 g/mol. The predicted octanol–water partition coefficient (Wildman–Crippen LogP) is 2.89. The first kappa shape index (κ1) is 11.5. The SMILES string of the molecule is C(#Cc1ccccc1)C1=CCC2(CC1)OCCO2. The van der Waals surface area contributed by atoms with E-state index in [9.17, 15) is 0 Å². The van der Waals surface area contributed by atoms with Crippen molar-refractivity contribution in [1.82, 2.24) is 0 Å². The molecule has 1 heterocycles. The average molecular weight is 240 g/mol. The summed E-state index contributed by atoms with van der Waals surface area (Å²) in [5.41, 5.74) is 2.26. The van der Waals surface area contributed by atoms with E-state index in [4.69, 9.17) is 9.47 Å². The molecule has 18 heavy (non-hydrogen) atoms. The van der Waals surface area contributed by atoms with Crippen molar-refractivity contribution in [2.24, 2.45) is 0 Å². The molecule has 0 aromatic heterocycles. The van der Waals surface area contributed by atoms with Crippen LogP contribution < -0.4 is 0 Å². The van der Waals surface area contributed by atoms with E-state index in [2.05, 4.69) is 17.9 Å². The Bertz CT molecular complexity index is 499. The molecule has 0 atom stereocenters. The van der Waals surface area contributed by atoms with Crippen LogP contribution in [0.2, 0.25) is 0 Å². The largest absolute Gasteiger partial charge is 0.347 e. The molecule has 0 unspecified atom stereocenters. The Morgan fingerprint density at radius 3 is 2.44 bits per heavy atom. The fourth-order valence-electron chi connectivity index (χ4n) is 2.35. The summed E-state index contributed by atoms with van der Waals surface area (Å²) in [6, 6.07) is 10.1. The Hall–Kier alpha value is -1.56. The Kier molecular flexibility index (Phi) is 3.19. The number of ether oxygens (including phenoxy) is 2. The zero-order chi connectivity index (χ0) is 12.3. The van der Waals surface area contributed by atoms with Crippen LogP contribution in [0.25, 0.3) is 0 Å². The second-order valence-electron chi connectivity index (χ2n) is 4.66. The van der Waals surface area contributed by atoms with Gasteiger partial charge in [-0.25, -0.2) is 0 Å². The lowest BCUT2D eigenvalue weighted by molar-refractivity contribution is -0.161. The van der Waals surface area contributed by atoms with Crippen LogP contribution in [0.5, 0.6) is 0 Å². The number of hydrogen-bond acceptors (Lipinski definition) is 2. The fourth-order valence-corrected chi connectivity index (χ4v) is 2.35. The van der Waals surface area contributed by atoms with Gasteiger partial charge >= 0.3 is 0 Å². The molecule has 1 aliphatic heterocycles. The van der Waals surface area contributed by atoms with Crippen LogP contribution in [0.4, 0.5) is 0 Å². The van der Waals surface area contributed by atoms with E-state index in [-0.39, 0.29) is 5.79 Å². The number of allylic oxidation sites excluding steroid dienone is 1. The summed E-state index contributed by atoms with van der Waals surface area (Å²) < 4.78 is 11.4. The smallest absolute Gasteiger partial charge is 0.172 e. The standard InChI is InChI=1S/C16H16O2/c1-2-4-14(5-3-1)6-7-15-8-10-16(11-9-15)17-12-13-18-16/h1-5,8H,9-13H2. The molecular weight excluding hydrogens is 224 g/mol. The van der Waals surface area contributed by atoms with Crippen molar-refractivity contribution in [3.63, 3.8) is 0 Å². The summed E-state index contributed by atoms with van der Waals surface area (Å²) in [6.45, 7) is 1.44. The zero-order valence-corrected chi connectivity index (χ0v) is 10.3. The van der Waals surface area contributed by atoms with Gasteiger partial charge in [0.1, 0.15) is 0 Å². The Morgan fingerprint density at radius 1 is 1.00 bits per heavy atom. The van der Waals surface area contributed by atoms with Crippen molar-refractivity contribution in [3.05, 3.63) is 47.5 Å². The van der Waals surface area contributed by atoms with Gasteiger partial charge in [-0.15, -0.1) is 0 Å². The Morgan fingerprint density at radius 2 is 1.78 bits per heavy atom. The molecular formula is C16H16O2. The van der Waals surface area contributed by atoms with Gasteiger partial charge < -0.3 is 9.47 Å². The van der Waals surface area contributed by atoms with E-state index in [1.54, 1.807) is 0 Å². The van der Waals surface area contributed by atoms with Crippen molar-refractivity contribution in [2.45, 2.75) is 25.0 Å². The minimum Gasteiger partial charge on any atom is -0.347 e. The predicted molar refractivity (Wildman–Crippen MR) is 69.9 cm³/mol. The normalized spacial score (nSPS) is 21.2. The molecule has 1 spiro atoms. The van der Waals surface area contributed by atoms with E-state index < -0.39 is 0 Å². The van der Waals surface area contributed by atoms with Crippen molar-refractivity contribution >= 4 is 0 Å². The molecule has 2 nitrogen and oxygen atoms in total. The molecule has 1 saturated heterocycles. The summed E-state index contributed by atoms with van der Waals surface area (Å²) in [4.78, 5) is 0. The molecule has 2 heteroatoms. The first-order valence-corrected chi connectivity index (χ1v) is 6.40. The first-order valence-electron chi connectivity index (χ1n) is 6.40. The average Bonchev–Trinajstić information content (AvgIpc) is 2.88. The maximum Gasteiger partial charge on any atom is 0.172 e. The number of rotatable bonds is 0. The number of hydrogen-bond donors (Lipinski definition) is 0. The minimum absolute atomic E-state index is 0.335. The summed E-state index contributed by atoms with van der Waals surface area (Å²) in [7, 11) is 0. The topological polar surface area (TPSA) is 18.5 Å². The van der Waals surface area contributed by atoms with Crippen molar-refractivity contribution in [3.8, 4) is 11.8 Å². The molecule has 2 aliphatic rings. The van der Waals surface area contributed by atoms with E-state index in [0.717, 1.165) is 38.0 Å². The summed E-state index contributed by atoms with van der Waals surface area (Å²) in [6.07, 6.45) is 4.85. The van der Waals surface area contributed by atoms with Gasteiger partial charge in [-0.1, -0.05) is 36.1 Å². The van der Waals surface area contributed by atoms with Gasteiger partial charge in [-0.2, -0.15) is 0 Å². The molecule has 1 fully saturated rings. The molecule has 1 aliphatic carbocycles. The van der Waals surface area contributed by atoms with Crippen LogP contribution in [0.1, 0.15) is 24.8 Å². The van der Waals surface area contributed by atoms with E-state index >= 15 is 0 Å². The third-order valence-electron chi connectivity index (χ3n) is 3.39. The van der Waals surface area contributed by atoms with E-state index in [0.29, 0.717) is 0 Å². The summed E-state index contributed by atoms with van der Waals surface area (Å²) in [5.74, 6) is 6.10. The minimum atomic E-state index is -0.335.